The first kappa shape index (κ1) is 24.4. The van der Waals surface area contributed by atoms with Gasteiger partial charge in [-0.1, -0.05) is 49.1 Å². The first-order valence-electron chi connectivity index (χ1n) is 12.9. The van der Waals surface area contributed by atoms with E-state index in [4.69, 9.17) is 0 Å². The molecule has 2 aromatic carbocycles. The molecular weight excluding hydrogens is 427 g/mol. The maximum atomic E-state index is 13.2. The van der Waals surface area contributed by atoms with Gasteiger partial charge in [-0.3, -0.25) is 9.59 Å². The zero-order chi connectivity index (χ0) is 23.9. The Balaban J connectivity index is 1.25. The fraction of sp³-hybridized carbons (Fsp3) is 0.517. The Hall–Kier alpha value is -2.69. The van der Waals surface area contributed by atoms with E-state index >= 15 is 0 Å². The summed E-state index contributed by atoms with van der Waals surface area (Å²) in [6.07, 6.45) is 9.49. The predicted molar refractivity (Wildman–Crippen MR) is 133 cm³/mol. The molecule has 2 aromatic rings. The lowest BCUT2D eigenvalue weighted by Crippen LogP contribution is -2.50. The molecule has 0 bridgehead atoms. The summed E-state index contributed by atoms with van der Waals surface area (Å²) >= 11 is 0. The monoisotopic (exact) mass is 464 g/mol. The molecule has 3 atom stereocenters. The van der Waals surface area contributed by atoms with E-state index in [0.717, 1.165) is 57.5 Å². The molecule has 4 rings (SSSR count). The van der Waals surface area contributed by atoms with Crippen molar-refractivity contribution in [3.8, 4) is 0 Å². The number of amides is 2. The lowest BCUT2D eigenvalue weighted by Gasteiger charge is -2.31. The normalized spacial score (nSPS) is 20.6. The van der Waals surface area contributed by atoms with E-state index in [0.29, 0.717) is 17.9 Å². The van der Waals surface area contributed by atoms with Gasteiger partial charge in [-0.2, -0.15) is 0 Å². The number of aryl methyl sites for hydroxylation is 1. The van der Waals surface area contributed by atoms with E-state index in [9.17, 15) is 14.0 Å². The average molecular weight is 465 g/mol. The van der Waals surface area contributed by atoms with Crippen molar-refractivity contribution in [2.75, 3.05) is 13.1 Å². The average Bonchev–Trinajstić information content (AvgIpc) is 3.63. The number of nitrogens with zero attached hydrogens (tertiary/aromatic N) is 1. The first-order chi connectivity index (χ1) is 16.5. The minimum atomic E-state index is -0.517. The molecule has 1 aliphatic heterocycles. The first-order valence-corrected chi connectivity index (χ1v) is 12.9. The molecule has 1 N–H and O–H groups in total. The van der Waals surface area contributed by atoms with E-state index in [2.05, 4.69) is 36.5 Å². The van der Waals surface area contributed by atoms with Crippen LogP contribution < -0.4 is 5.32 Å². The number of likely N-dealkylation sites (tertiary alicyclic amines) is 1. The van der Waals surface area contributed by atoms with Crippen molar-refractivity contribution in [3.63, 3.8) is 0 Å². The molecule has 182 valence electrons. The van der Waals surface area contributed by atoms with Crippen molar-refractivity contribution in [2.24, 2.45) is 5.92 Å². The number of carbonyl (C=O) groups excluding carboxylic acids is 2. The number of carbonyl (C=O) groups is 2. The summed E-state index contributed by atoms with van der Waals surface area (Å²) in [5.74, 6) is 0.833. The van der Waals surface area contributed by atoms with Gasteiger partial charge in [-0.15, -0.1) is 0 Å². The summed E-state index contributed by atoms with van der Waals surface area (Å²) < 4.78 is 13.2. The molecule has 34 heavy (non-hydrogen) atoms. The van der Waals surface area contributed by atoms with Crippen LogP contribution in [0.2, 0.25) is 0 Å². The van der Waals surface area contributed by atoms with Gasteiger partial charge in [0, 0.05) is 18.7 Å². The Bertz CT molecular complexity index is 951. The Labute approximate surface area is 202 Å². The third kappa shape index (κ3) is 6.68. The van der Waals surface area contributed by atoms with Crippen molar-refractivity contribution < 1.29 is 14.0 Å². The lowest BCUT2D eigenvalue weighted by molar-refractivity contribution is -0.134. The van der Waals surface area contributed by atoms with Crippen molar-refractivity contribution in [3.05, 3.63) is 71.0 Å². The predicted octanol–water partition coefficient (Wildman–Crippen LogP) is 6.00. The van der Waals surface area contributed by atoms with Gasteiger partial charge in [-0.05, 0) is 87.1 Å². The molecule has 1 aliphatic carbocycles. The Morgan fingerprint density at radius 3 is 2.38 bits per heavy atom. The van der Waals surface area contributed by atoms with Crippen LogP contribution in [0.4, 0.5) is 4.39 Å². The topological polar surface area (TPSA) is 49.4 Å². The van der Waals surface area contributed by atoms with Gasteiger partial charge < -0.3 is 10.2 Å². The summed E-state index contributed by atoms with van der Waals surface area (Å²) in [4.78, 5) is 27.8. The summed E-state index contributed by atoms with van der Waals surface area (Å²) in [6, 6.07) is 13.9. The van der Waals surface area contributed by atoms with Crippen molar-refractivity contribution >= 4 is 11.8 Å². The summed E-state index contributed by atoms with van der Waals surface area (Å²) in [5, 5.41) is 2.94. The van der Waals surface area contributed by atoms with E-state index < -0.39 is 6.04 Å². The van der Waals surface area contributed by atoms with E-state index in [1.165, 1.54) is 48.2 Å². The minimum absolute atomic E-state index is 0.0248. The third-order valence-corrected chi connectivity index (χ3v) is 7.37. The molecule has 5 heteroatoms. The van der Waals surface area contributed by atoms with E-state index in [1.54, 1.807) is 0 Å². The molecule has 2 aliphatic rings. The Morgan fingerprint density at radius 2 is 1.68 bits per heavy atom. The fourth-order valence-corrected chi connectivity index (χ4v) is 5.16. The van der Waals surface area contributed by atoms with Crippen molar-refractivity contribution in [2.45, 2.75) is 76.7 Å². The smallest absolute Gasteiger partial charge is 0.251 e. The van der Waals surface area contributed by atoms with Gasteiger partial charge in [0.2, 0.25) is 5.91 Å². The third-order valence-electron chi connectivity index (χ3n) is 7.37. The van der Waals surface area contributed by atoms with Gasteiger partial charge in [0.1, 0.15) is 11.9 Å². The lowest BCUT2D eigenvalue weighted by atomic mass is 10.0. The molecule has 0 aromatic heterocycles. The van der Waals surface area contributed by atoms with Gasteiger partial charge in [0.15, 0.2) is 0 Å². The van der Waals surface area contributed by atoms with Gasteiger partial charge in [0.25, 0.3) is 5.91 Å². The zero-order valence-corrected chi connectivity index (χ0v) is 20.3. The van der Waals surface area contributed by atoms with Crippen LogP contribution in [0.5, 0.6) is 0 Å². The number of unbranched alkanes of at least 4 members (excludes halogenated alkanes) is 2. The molecule has 2 fully saturated rings. The van der Waals surface area contributed by atoms with E-state index in [1.807, 2.05) is 4.90 Å². The van der Waals surface area contributed by atoms with Gasteiger partial charge in [0.05, 0.1) is 0 Å². The van der Waals surface area contributed by atoms with Crippen LogP contribution >= 0.6 is 0 Å². The quantitative estimate of drug-likeness (QED) is 0.439. The van der Waals surface area contributed by atoms with Gasteiger partial charge >= 0.3 is 0 Å². The highest BCUT2D eigenvalue weighted by molar-refractivity contribution is 5.97. The second-order valence-electron chi connectivity index (χ2n) is 10.1. The highest BCUT2D eigenvalue weighted by atomic mass is 19.1. The van der Waals surface area contributed by atoms with Crippen LogP contribution in [0, 0.1) is 18.7 Å². The summed E-state index contributed by atoms with van der Waals surface area (Å²) in [6.45, 7) is 3.66. The van der Waals surface area contributed by atoms with Gasteiger partial charge in [-0.25, -0.2) is 4.39 Å². The summed E-state index contributed by atoms with van der Waals surface area (Å²) in [5.41, 5.74) is 3.15. The van der Waals surface area contributed by atoms with Crippen LogP contribution in [0.25, 0.3) is 0 Å². The molecule has 0 unspecified atom stereocenters. The van der Waals surface area contributed by atoms with Crippen LogP contribution in [0.15, 0.2) is 48.5 Å². The number of hydrogen-bond acceptors (Lipinski definition) is 2. The van der Waals surface area contributed by atoms with Crippen LogP contribution in [-0.4, -0.2) is 35.8 Å². The second kappa shape index (κ2) is 11.6. The fourth-order valence-electron chi connectivity index (χ4n) is 5.16. The van der Waals surface area contributed by atoms with Crippen molar-refractivity contribution in [1.29, 1.82) is 0 Å². The SMILES string of the molecule is Cc1ccc([C@@H]2C[C@H]2CCCCC[C@H](NC(=O)c2ccc(F)cc2)C(=O)N2CCCCC2)cc1. The number of halogens is 1. The molecule has 2 amide bonds. The number of rotatable bonds is 10. The maximum Gasteiger partial charge on any atom is 0.251 e. The number of nitrogens with one attached hydrogen (secondary N) is 1. The molecule has 0 radical (unpaired) electrons. The zero-order valence-electron chi connectivity index (χ0n) is 20.3. The summed E-state index contributed by atoms with van der Waals surface area (Å²) in [7, 11) is 0. The number of benzene rings is 2. The second-order valence-corrected chi connectivity index (χ2v) is 10.1. The number of piperidine rings is 1. The molecule has 1 saturated heterocycles. The highest BCUT2D eigenvalue weighted by Crippen LogP contribution is 2.50. The van der Waals surface area contributed by atoms with Crippen LogP contribution in [0.3, 0.4) is 0 Å². The molecule has 4 nitrogen and oxygen atoms in total. The Kier molecular flexibility index (Phi) is 8.36. The number of hydrogen-bond donors (Lipinski definition) is 1. The maximum absolute atomic E-state index is 13.2. The van der Waals surface area contributed by atoms with Crippen LogP contribution in [0.1, 0.15) is 85.2 Å². The molecule has 0 spiro atoms. The molecule has 1 saturated carbocycles. The molecule has 1 heterocycles. The largest absolute Gasteiger partial charge is 0.341 e. The highest BCUT2D eigenvalue weighted by Gasteiger charge is 2.37. The molecular formula is C29H37FN2O2. The standard InChI is InChI=1S/C29H37FN2O2/c1-21-10-12-22(13-11-21)26-20-24(26)8-4-2-5-9-27(29(34)32-18-6-3-7-19-32)31-28(33)23-14-16-25(30)17-15-23/h10-17,24,26-27H,2-9,18-20H2,1H3,(H,31,33)/t24-,26+,27+/m1/s1. The minimum Gasteiger partial charge on any atom is -0.341 e. The Morgan fingerprint density at radius 1 is 0.971 bits per heavy atom. The van der Waals surface area contributed by atoms with Crippen molar-refractivity contribution in [1.82, 2.24) is 10.2 Å². The van der Waals surface area contributed by atoms with E-state index in [-0.39, 0.29) is 17.6 Å². The van der Waals surface area contributed by atoms with Crippen LogP contribution in [-0.2, 0) is 4.79 Å².